The van der Waals surface area contributed by atoms with E-state index in [-0.39, 0.29) is 0 Å². The summed E-state index contributed by atoms with van der Waals surface area (Å²) in [6.45, 7) is 0.692. The summed E-state index contributed by atoms with van der Waals surface area (Å²) in [5.41, 5.74) is 9.25. The molecule has 6 heteroatoms. The molecule has 3 aromatic rings. The van der Waals surface area contributed by atoms with Crippen LogP contribution in [0, 0.1) is 0 Å². The van der Waals surface area contributed by atoms with Crippen molar-refractivity contribution in [2.75, 3.05) is 0 Å². The molecule has 0 saturated heterocycles. The van der Waals surface area contributed by atoms with E-state index in [1.807, 2.05) is 53.3 Å². The van der Waals surface area contributed by atoms with E-state index in [0.717, 1.165) is 16.9 Å². The molecule has 0 amide bonds. The Labute approximate surface area is 151 Å². The zero-order chi connectivity index (χ0) is 17.3. The fourth-order valence-electron chi connectivity index (χ4n) is 2.28. The molecule has 0 aliphatic heterocycles. The highest BCUT2D eigenvalue weighted by atomic mass is 32.2. The van der Waals surface area contributed by atoms with Crippen LogP contribution in [0.1, 0.15) is 16.7 Å². The number of rotatable bonds is 6. The van der Waals surface area contributed by atoms with Gasteiger partial charge in [-0.3, -0.25) is 4.68 Å². The number of nitrogens with two attached hydrogens (primary N) is 1. The Morgan fingerprint density at radius 1 is 1.08 bits per heavy atom. The number of thioether (sulfide) groups is 1. The van der Waals surface area contributed by atoms with Crippen molar-refractivity contribution in [1.82, 2.24) is 9.78 Å². The summed E-state index contributed by atoms with van der Waals surface area (Å²) in [6, 6.07) is 20.1. The zero-order valence-corrected chi connectivity index (χ0v) is 14.5. The van der Waals surface area contributed by atoms with Crippen molar-refractivity contribution in [3.63, 3.8) is 0 Å². The summed E-state index contributed by atoms with van der Waals surface area (Å²) in [5, 5.41) is 12.9. The van der Waals surface area contributed by atoms with Gasteiger partial charge >= 0.3 is 0 Å². The second-order valence-corrected chi connectivity index (χ2v) is 6.36. The number of amidine groups is 1. The van der Waals surface area contributed by atoms with Crippen molar-refractivity contribution in [1.29, 1.82) is 0 Å². The maximum absolute atomic E-state index is 5.92. The van der Waals surface area contributed by atoms with E-state index in [4.69, 9.17) is 5.73 Å². The molecule has 25 heavy (non-hydrogen) atoms. The van der Waals surface area contributed by atoms with Crippen molar-refractivity contribution in [2.45, 2.75) is 12.3 Å². The normalized spacial score (nSPS) is 11.9. The molecule has 1 heterocycles. The molecule has 0 radical (unpaired) electrons. The first kappa shape index (κ1) is 17.0. The topological polar surface area (TPSA) is 68.6 Å². The number of aromatic nitrogens is 2. The van der Waals surface area contributed by atoms with E-state index in [0.29, 0.717) is 11.7 Å². The van der Waals surface area contributed by atoms with E-state index in [2.05, 4.69) is 33.5 Å². The number of hydrogen-bond acceptors (Lipinski definition) is 4. The van der Waals surface area contributed by atoms with Gasteiger partial charge < -0.3 is 5.73 Å². The van der Waals surface area contributed by atoms with Gasteiger partial charge in [-0.25, -0.2) is 0 Å². The molecule has 2 N–H and O–H groups in total. The van der Waals surface area contributed by atoms with E-state index < -0.39 is 0 Å². The van der Waals surface area contributed by atoms with Crippen molar-refractivity contribution in [3.05, 3.63) is 89.7 Å². The highest BCUT2D eigenvalue weighted by Gasteiger charge is 2.01. The molecular weight excluding hydrogens is 330 g/mol. The monoisotopic (exact) mass is 349 g/mol. The average Bonchev–Trinajstić information content (AvgIpc) is 3.15. The van der Waals surface area contributed by atoms with Crippen LogP contribution in [0.4, 0.5) is 0 Å². The molecule has 126 valence electrons. The molecule has 2 aromatic carbocycles. The van der Waals surface area contributed by atoms with Crippen LogP contribution in [0.2, 0.25) is 0 Å². The Bertz CT molecular complexity index is 841. The van der Waals surface area contributed by atoms with Gasteiger partial charge in [0.2, 0.25) is 0 Å². The smallest absolute Gasteiger partial charge is 0.180 e. The SMILES string of the molecule is NC(=NN=Cc1ccccc1Cn1cccn1)SCc1ccccc1. The molecule has 0 unspecified atom stereocenters. The van der Waals surface area contributed by atoms with Crippen molar-refractivity contribution in [3.8, 4) is 0 Å². The van der Waals surface area contributed by atoms with Crippen molar-refractivity contribution < 1.29 is 0 Å². The summed E-state index contributed by atoms with van der Waals surface area (Å²) in [4.78, 5) is 0. The minimum absolute atomic E-state index is 0.449. The molecule has 0 fully saturated rings. The number of nitrogens with zero attached hydrogens (tertiary/aromatic N) is 4. The summed E-state index contributed by atoms with van der Waals surface area (Å²) < 4.78 is 1.88. The minimum atomic E-state index is 0.449. The fourth-order valence-corrected chi connectivity index (χ4v) is 2.89. The molecular formula is C19H19N5S. The van der Waals surface area contributed by atoms with E-state index in [1.165, 1.54) is 17.3 Å². The predicted octanol–water partition coefficient (Wildman–Crippen LogP) is 3.51. The van der Waals surface area contributed by atoms with Gasteiger partial charge in [0.05, 0.1) is 12.8 Å². The van der Waals surface area contributed by atoms with Gasteiger partial charge in [0.1, 0.15) is 0 Å². The maximum atomic E-state index is 5.92. The second-order valence-electron chi connectivity index (χ2n) is 5.36. The van der Waals surface area contributed by atoms with E-state index >= 15 is 0 Å². The van der Waals surface area contributed by atoms with Gasteiger partial charge in [0.15, 0.2) is 5.17 Å². The Morgan fingerprint density at radius 2 is 1.88 bits per heavy atom. The predicted molar refractivity (Wildman–Crippen MR) is 105 cm³/mol. The Balaban J connectivity index is 1.61. The summed E-state index contributed by atoms with van der Waals surface area (Å²) in [7, 11) is 0. The third-order valence-corrected chi connectivity index (χ3v) is 4.38. The van der Waals surface area contributed by atoms with E-state index in [1.54, 1.807) is 12.4 Å². The Hall–Kier alpha value is -2.86. The fraction of sp³-hybridized carbons (Fsp3) is 0.105. The lowest BCUT2D eigenvalue weighted by atomic mass is 10.1. The molecule has 0 aliphatic carbocycles. The minimum Gasteiger partial charge on any atom is -0.377 e. The number of hydrogen-bond donors (Lipinski definition) is 1. The number of benzene rings is 2. The lowest BCUT2D eigenvalue weighted by Gasteiger charge is -2.05. The Kier molecular flexibility index (Phi) is 6.01. The van der Waals surface area contributed by atoms with Crippen LogP contribution in [0.25, 0.3) is 0 Å². The second kappa shape index (κ2) is 8.84. The maximum Gasteiger partial charge on any atom is 0.180 e. The molecule has 0 aliphatic rings. The van der Waals surface area contributed by atoms with E-state index in [9.17, 15) is 0 Å². The van der Waals surface area contributed by atoms with Crippen LogP contribution in [0.3, 0.4) is 0 Å². The lowest BCUT2D eigenvalue weighted by molar-refractivity contribution is 0.686. The summed E-state index contributed by atoms with van der Waals surface area (Å²) in [5.74, 6) is 0.779. The van der Waals surface area contributed by atoms with Crippen LogP contribution >= 0.6 is 11.8 Å². The first-order valence-corrected chi connectivity index (χ1v) is 8.88. The molecule has 5 nitrogen and oxygen atoms in total. The molecule has 1 aromatic heterocycles. The van der Waals surface area contributed by atoms with Gasteiger partial charge in [-0.15, -0.1) is 5.10 Å². The zero-order valence-electron chi connectivity index (χ0n) is 13.7. The largest absolute Gasteiger partial charge is 0.377 e. The third kappa shape index (κ3) is 5.32. The van der Waals surface area contributed by atoms with Crippen LogP contribution in [-0.2, 0) is 12.3 Å². The molecule has 0 atom stereocenters. The molecule has 0 saturated carbocycles. The van der Waals surface area contributed by atoms with Crippen LogP contribution in [-0.4, -0.2) is 21.2 Å². The standard InChI is InChI=1S/C19H19N5S/c20-19(25-15-16-7-2-1-3-8-16)23-21-13-17-9-4-5-10-18(17)14-24-12-6-11-22-24/h1-13H,14-15H2,(H2,20,23). The molecule has 0 bridgehead atoms. The van der Waals surface area contributed by atoms with Crippen LogP contribution < -0.4 is 5.73 Å². The Morgan fingerprint density at radius 3 is 2.68 bits per heavy atom. The van der Waals surface area contributed by atoms with Gasteiger partial charge in [-0.05, 0) is 22.8 Å². The van der Waals surface area contributed by atoms with Gasteiger partial charge in [0.25, 0.3) is 0 Å². The van der Waals surface area contributed by atoms with Gasteiger partial charge in [-0.1, -0.05) is 66.4 Å². The molecule has 3 rings (SSSR count). The third-order valence-electron chi connectivity index (χ3n) is 3.53. The first-order valence-electron chi connectivity index (χ1n) is 7.90. The lowest BCUT2D eigenvalue weighted by Crippen LogP contribution is -2.06. The summed E-state index contributed by atoms with van der Waals surface area (Å²) >= 11 is 1.47. The van der Waals surface area contributed by atoms with Crippen molar-refractivity contribution >= 4 is 23.1 Å². The van der Waals surface area contributed by atoms with Crippen molar-refractivity contribution in [2.24, 2.45) is 15.9 Å². The first-order chi connectivity index (χ1) is 12.3. The van der Waals surface area contributed by atoms with Gasteiger partial charge in [-0.2, -0.15) is 10.2 Å². The van der Waals surface area contributed by atoms with Crippen LogP contribution in [0.5, 0.6) is 0 Å². The highest BCUT2D eigenvalue weighted by Crippen LogP contribution is 2.12. The summed E-state index contributed by atoms with van der Waals surface area (Å²) in [6.07, 6.45) is 5.44. The van der Waals surface area contributed by atoms with Crippen LogP contribution in [0.15, 0.2) is 83.3 Å². The molecule has 0 spiro atoms. The van der Waals surface area contributed by atoms with Gasteiger partial charge in [0, 0.05) is 18.1 Å². The average molecular weight is 349 g/mol. The highest BCUT2D eigenvalue weighted by molar-refractivity contribution is 8.13. The quantitative estimate of drug-likeness (QED) is 0.421.